The molecule has 1 aromatic heterocycles. The second-order valence-corrected chi connectivity index (χ2v) is 3.26. The number of pyridine rings is 1. The molecule has 0 saturated carbocycles. The molecule has 2 heterocycles. The number of nitrogens with zero attached hydrogens (tertiary/aromatic N) is 2. The predicted octanol–water partition coefficient (Wildman–Crippen LogP) is 1.16. The van der Waals surface area contributed by atoms with Gasteiger partial charge >= 0.3 is 0 Å². The van der Waals surface area contributed by atoms with E-state index in [1.807, 2.05) is 0 Å². The maximum absolute atomic E-state index is 8.91. The lowest BCUT2D eigenvalue weighted by atomic mass is 9.96. The van der Waals surface area contributed by atoms with Crippen molar-refractivity contribution in [2.45, 2.75) is 19.4 Å². The van der Waals surface area contributed by atoms with E-state index in [0.717, 1.165) is 29.8 Å². The van der Waals surface area contributed by atoms with Crippen LogP contribution in [0.3, 0.4) is 0 Å². The number of fused-ring (bicyclic) bond motifs is 1. The van der Waals surface area contributed by atoms with Gasteiger partial charge in [0.1, 0.15) is 0 Å². The summed E-state index contributed by atoms with van der Waals surface area (Å²) in [5.74, 6) is 0. The van der Waals surface area contributed by atoms with Crippen LogP contribution in [0.5, 0.6) is 0 Å². The van der Waals surface area contributed by atoms with Crippen molar-refractivity contribution in [2.75, 3.05) is 6.54 Å². The van der Waals surface area contributed by atoms with Gasteiger partial charge in [-0.15, -0.1) is 0 Å². The van der Waals surface area contributed by atoms with Gasteiger partial charge in [0.15, 0.2) is 0 Å². The molecular weight excluding hydrogens is 162 g/mol. The lowest BCUT2D eigenvalue weighted by molar-refractivity contribution is 0.531. The second kappa shape index (κ2) is 3.15. The molecule has 13 heavy (non-hydrogen) atoms. The minimum Gasteiger partial charge on any atom is -0.310 e. The summed E-state index contributed by atoms with van der Waals surface area (Å²) in [6.45, 7) is 3.02. The maximum Gasteiger partial charge on any atom is 0.0996 e. The van der Waals surface area contributed by atoms with Crippen molar-refractivity contribution in [3.8, 4) is 6.07 Å². The molecule has 66 valence electrons. The molecular formula is C10H11N3. The van der Waals surface area contributed by atoms with E-state index in [9.17, 15) is 0 Å². The molecule has 0 fully saturated rings. The Morgan fingerprint density at radius 2 is 2.54 bits per heavy atom. The van der Waals surface area contributed by atoms with Gasteiger partial charge in [0.05, 0.1) is 11.6 Å². The predicted molar refractivity (Wildman–Crippen MR) is 49.1 cm³/mol. The van der Waals surface area contributed by atoms with E-state index in [2.05, 4.69) is 23.3 Å². The highest BCUT2D eigenvalue weighted by Crippen LogP contribution is 2.23. The van der Waals surface area contributed by atoms with E-state index < -0.39 is 0 Å². The molecule has 3 nitrogen and oxygen atoms in total. The van der Waals surface area contributed by atoms with Gasteiger partial charge in [-0.2, -0.15) is 5.26 Å². The molecule has 1 atom stereocenters. The first-order valence-electron chi connectivity index (χ1n) is 4.44. The molecule has 1 aliphatic rings. The van der Waals surface area contributed by atoms with E-state index in [4.69, 9.17) is 5.26 Å². The van der Waals surface area contributed by atoms with Crippen LogP contribution in [0, 0.1) is 11.3 Å². The molecule has 3 heteroatoms. The van der Waals surface area contributed by atoms with Crippen molar-refractivity contribution in [2.24, 2.45) is 0 Å². The first kappa shape index (κ1) is 8.21. The standard InChI is InChI=1S/C10H11N3/c1-7-10-8(6-11)2-4-13-9(10)3-5-12-7/h2,4,7,12H,3,5H2,1H3. The molecule has 0 aliphatic carbocycles. The number of aromatic nitrogens is 1. The van der Waals surface area contributed by atoms with Crippen LogP contribution in [0.25, 0.3) is 0 Å². The van der Waals surface area contributed by atoms with E-state index in [1.54, 1.807) is 12.3 Å². The Bertz CT molecular complexity index is 365. The molecule has 0 aromatic carbocycles. The van der Waals surface area contributed by atoms with Crippen LogP contribution in [-0.4, -0.2) is 11.5 Å². The SMILES string of the molecule is CC1NCCc2nccc(C#N)c21. The van der Waals surface area contributed by atoms with E-state index in [1.165, 1.54) is 0 Å². The molecule has 1 N–H and O–H groups in total. The zero-order chi connectivity index (χ0) is 9.26. The largest absolute Gasteiger partial charge is 0.310 e. The first-order valence-corrected chi connectivity index (χ1v) is 4.44. The third-order valence-corrected chi connectivity index (χ3v) is 2.44. The average molecular weight is 173 g/mol. The van der Waals surface area contributed by atoms with Crippen molar-refractivity contribution in [1.29, 1.82) is 5.26 Å². The average Bonchev–Trinajstić information content (AvgIpc) is 2.17. The summed E-state index contributed by atoms with van der Waals surface area (Å²) < 4.78 is 0. The summed E-state index contributed by atoms with van der Waals surface area (Å²) in [4.78, 5) is 4.29. The van der Waals surface area contributed by atoms with Gasteiger partial charge < -0.3 is 5.32 Å². The van der Waals surface area contributed by atoms with Gasteiger partial charge in [0.2, 0.25) is 0 Å². The van der Waals surface area contributed by atoms with E-state index in [0.29, 0.717) is 0 Å². The number of nitriles is 1. The molecule has 2 rings (SSSR count). The maximum atomic E-state index is 8.91. The van der Waals surface area contributed by atoms with Gasteiger partial charge in [-0.25, -0.2) is 0 Å². The zero-order valence-corrected chi connectivity index (χ0v) is 7.54. The topological polar surface area (TPSA) is 48.7 Å². The second-order valence-electron chi connectivity index (χ2n) is 3.26. The van der Waals surface area contributed by atoms with Crippen molar-refractivity contribution < 1.29 is 0 Å². The van der Waals surface area contributed by atoms with Crippen LogP contribution in [0.4, 0.5) is 0 Å². The number of hydrogen-bond acceptors (Lipinski definition) is 3. The van der Waals surface area contributed by atoms with Gasteiger partial charge in [-0.1, -0.05) is 0 Å². The van der Waals surface area contributed by atoms with Crippen LogP contribution in [0.1, 0.15) is 29.8 Å². The van der Waals surface area contributed by atoms with Gasteiger partial charge in [0.25, 0.3) is 0 Å². The lowest BCUT2D eigenvalue weighted by Crippen LogP contribution is -2.29. The monoisotopic (exact) mass is 173 g/mol. The third kappa shape index (κ3) is 1.30. The molecule has 1 unspecified atom stereocenters. The summed E-state index contributed by atoms with van der Waals surface area (Å²) in [5.41, 5.74) is 2.91. The molecule has 0 amide bonds. The molecule has 0 radical (unpaired) electrons. The Morgan fingerprint density at radius 3 is 3.31 bits per heavy atom. The normalized spacial score (nSPS) is 20.5. The van der Waals surface area contributed by atoms with Crippen molar-refractivity contribution in [3.63, 3.8) is 0 Å². The van der Waals surface area contributed by atoms with Crippen LogP contribution in [0.15, 0.2) is 12.3 Å². The third-order valence-electron chi connectivity index (χ3n) is 2.44. The fraction of sp³-hybridized carbons (Fsp3) is 0.400. The number of rotatable bonds is 0. The highest BCUT2D eigenvalue weighted by atomic mass is 14.9. The van der Waals surface area contributed by atoms with Crippen LogP contribution < -0.4 is 5.32 Å². The summed E-state index contributed by atoms with van der Waals surface area (Å²) in [7, 11) is 0. The van der Waals surface area contributed by atoms with Gasteiger partial charge in [-0.3, -0.25) is 4.98 Å². The van der Waals surface area contributed by atoms with Crippen molar-refractivity contribution in [1.82, 2.24) is 10.3 Å². The number of hydrogen-bond donors (Lipinski definition) is 1. The van der Waals surface area contributed by atoms with E-state index >= 15 is 0 Å². The molecule has 0 spiro atoms. The zero-order valence-electron chi connectivity index (χ0n) is 7.54. The highest BCUT2D eigenvalue weighted by Gasteiger charge is 2.19. The highest BCUT2D eigenvalue weighted by molar-refractivity contribution is 5.42. The summed E-state index contributed by atoms with van der Waals surface area (Å²) in [5, 5.41) is 12.2. The number of nitrogens with one attached hydrogen (secondary N) is 1. The Labute approximate surface area is 77.4 Å². The quantitative estimate of drug-likeness (QED) is 0.640. The molecule has 1 aliphatic heterocycles. The van der Waals surface area contributed by atoms with Crippen molar-refractivity contribution >= 4 is 0 Å². The van der Waals surface area contributed by atoms with Gasteiger partial charge in [0, 0.05) is 36.5 Å². The molecule has 0 bridgehead atoms. The molecule has 1 aromatic rings. The lowest BCUT2D eigenvalue weighted by Gasteiger charge is -2.23. The van der Waals surface area contributed by atoms with E-state index in [-0.39, 0.29) is 6.04 Å². The van der Waals surface area contributed by atoms with Gasteiger partial charge in [-0.05, 0) is 13.0 Å². The molecule has 0 saturated heterocycles. The Balaban J connectivity index is 2.58. The summed E-state index contributed by atoms with van der Waals surface area (Å²) in [6.07, 6.45) is 2.64. The minimum atomic E-state index is 0.257. The smallest absolute Gasteiger partial charge is 0.0996 e. The summed E-state index contributed by atoms with van der Waals surface area (Å²) >= 11 is 0. The van der Waals surface area contributed by atoms with Crippen LogP contribution in [0.2, 0.25) is 0 Å². The Kier molecular flexibility index (Phi) is 1.99. The Hall–Kier alpha value is -1.40. The Morgan fingerprint density at radius 1 is 1.69 bits per heavy atom. The fourth-order valence-electron chi connectivity index (χ4n) is 1.81. The fourth-order valence-corrected chi connectivity index (χ4v) is 1.81. The van der Waals surface area contributed by atoms with Crippen LogP contribution >= 0.6 is 0 Å². The first-order chi connectivity index (χ1) is 6.33. The minimum absolute atomic E-state index is 0.257. The van der Waals surface area contributed by atoms with Crippen LogP contribution in [-0.2, 0) is 6.42 Å². The summed E-state index contributed by atoms with van der Waals surface area (Å²) in [6, 6.07) is 4.24. The van der Waals surface area contributed by atoms with Crippen molar-refractivity contribution in [3.05, 3.63) is 29.1 Å².